The minimum absolute atomic E-state index is 0.284. The fraction of sp³-hybridized carbons (Fsp3) is 0.391. The molecule has 0 aromatic heterocycles. The molecule has 142 valence electrons. The number of carbonyl (C=O) groups is 1. The summed E-state index contributed by atoms with van der Waals surface area (Å²) in [5, 5.41) is 0. The van der Waals surface area contributed by atoms with E-state index in [0.717, 1.165) is 41.2 Å². The molecule has 1 fully saturated rings. The molecule has 0 bridgehead atoms. The smallest absolute Gasteiger partial charge is 0.338 e. The second-order valence-corrected chi connectivity index (χ2v) is 7.42. The summed E-state index contributed by atoms with van der Waals surface area (Å²) in [6, 6.07) is 11.9. The van der Waals surface area contributed by atoms with Crippen molar-refractivity contribution >= 4 is 17.5 Å². The normalized spacial score (nSPS) is 15.9. The maximum Gasteiger partial charge on any atom is 0.338 e. The molecule has 1 aliphatic heterocycles. The van der Waals surface area contributed by atoms with Crippen molar-refractivity contribution in [3.8, 4) is 0 Å². The number of likely N-dealkylation sites (tertiary alicyclic amines) is 1. The molecule has 1 saturated heterocycles. The summed E-state index contributed by atoms with van der Waals surface area (Å²) in [5.41, 5.74) is 5.62. The fourth-order valence-electron chi connectivity index (χ4n) is 3.28. The summed E-state index contributed by atoms with van der Waals surface area (Å²) in [4.78, 5) is 19.6. The van der Waals surface area contributed by atoms with Gasteiger partial charge in [0.25, 0.3) is 0 Å². The van der Waals surface area contributed by atoms with E-state index in [2.05, 4.69) is 11.9 Å². The van der Waals surface area contributed by atoms with Gasteiger partial charge in [-0.15, -0.1) is 0 Å². The molecule has 27 heavy (non-hydrogen) atoms. The van der Waals surface area contributed by atoms with E-state index < -0.39 is 0 Å². The zero-order chi connectivity index (χ0) is 19.4. The lowest BCUT2D eigenvalue weighted by Crippen LogP contribution is -2.31. The van der Waals surface area contributed by atoms with E-state index >= 15 is 0 Å². The van der Waals surface area contributed by atoms with Crippen LogP contribution in [-0.2, 0) is 11.3 Å². The number of aliphatic imine (C=N–C) groups is 1. The average Bonchev–Trinajstić information content (AvgIpc) is 2.65. The van der Waals surface area contributed by atoms with E-state index in [4.69, 9.17) is 9.73 Å². The molecule has 0 aliphatic carbocycles. The fourth-order valence-corrected chi connectivity index (χ4v) is 3.28. The Bertz CT molecular complexity index is 853. The van der Waals surface area contributed by atoms with Crippen molar-refractivity contribution in [2.24, 2.45) is 4.99 Å². The molecule has 0 amide bonds. The third-order valence-corrected chi connectivity index (χ3v) is 5.09. The second-order valence-electron chi connectivity index (χ2n) is 7.42. The summed E-state index contributed by atoms with van der Waals surface area (Å²) in [5.74, 6) is 0.837. The molecule has 0 atom stereocenters. The van der Waals surface area contributed by atoms with Crippen LogP contribution in [-0.4, -0.2) is 30.3 Å². The van der Waals surface area contributed by atoms with Gasteiger partial charge in [-0.1, -0.05) is 29.8 Å². The van der Waals surface area contributed by atoms with Crippen LogP contribution < -0.4 is 0 Å². The van der Waals surface area contributed by atoms with Gasteiger partial charge >= 0.3 is 5.97 Å². The molecule has 0 N–H and O–H groups in total. The van der Waals surface area contributed by atoms with Crippen LogP contribution in [0.1, 0.15) is 51.9 Å². The molecule has 4 nitrogen and oxygen atoms in total. The number of benzene rings is 2. The predicted molar refractivity (Wildman–Crippen MR) is 110 cm³/mol. The van der Waals surface area contributed by atoms with Gasteiger partial charge in [-0.05, 0) is 62.4 Å². The summed E-state index contributed by atoms with van der Waals surface area (Å²) in [6.07, 6.45) is 3.42. The quantitative estimate of drug-likeness (QED) is 0.708. The van der Waals surface area contributed by atoms with E-state index in [1.54, 1.807) is 0 Å². The van der Waals surface area contributed by atoms with E-state index in [1.807, 2.05) is 57.2 Å². The number of esters is 1. The zero-order valence-corrected chi connectivity index (χ0v) is 16.7. The zero-order valence-electron chi connectivity index (χ0n) is 16.7. The molecule has 4 heteroatoms. The lowest BCUT2D eigenvalue weighted by molar-refractivity contribution is 0.0472. The highest BCUT2D eigenvalue weighted by atomic mass is 16.5. The van der Waals surface area contributed by atoms with Crippen LogP contribution in [0.4, 0.5) is 5.69 Å². The summed E-state index contributed by atoms with van der Waals surface area (Å²) < 4.78 is 5.51. The van der Waals surface area contributed by atoms with E-state index in [-0.39, 0.29) is 12.6 Å². The highest BCUT2D eigenvalue weighted by molar-refractivity contribution is 5.92. The van der Waals surface area contributed by atoms with Gasteiger partial charge in [0.15, 0.2) is 0 Å². The molecule has 0 saturated carbocycles. The van der Waals surface area contributed by atoms with Crippen molar-refractivity contribution < 1.29 is 9.53 Å². The van der Waals surface area contributed by atoms with Crippen LogP contribution in [0.15, 0.2) is 41.4 Å². The Morgan fingerprint density at radius 3 is 2.52 bits per heavy atom. The molecule has 0 radical (unpaired) electrons. The molecule has 0 unspecified atom stereocenters. The van der Waals surface area contributed by atoms with Crippen molar-refractivity contribution in [1.82, 2.24) is 4.90 Å². The minimum atomic E-state index is -0.287. The van der Waals surface area contributed by atoms with E-state index in [0.29, 0.717) is 5.56 Å². The Balaban J connectivity index is 1.74. The lowest BCUT2D eigenvalue weighted by Gasteiger charge is -2.26. The van der Waals surface area contributed by atoms with Gasteiger partial charge in [0.05, 0.1) is 11.3 Å². The first kappa shape index (κ1) is 19.2. The maximum atomic E-state index is 12.5. The van der Waals surface area contributed by atoms with Crippen molar-refractivity contribution in [2.75, 3.05) is 13.6 Å². The Morgan fingerprint density at radius 2 is 1.81 bits per heavy atom. The third kappa shape index (κ3) is 4.76. The van der Waals surface area contributed by atoms with Crippen LogP contribution in [0.3, 0.4) is 0 Å². The number of nitrogens with zero attached hydrogens (tertiary/aromatic N) is 2. The second kappa shape index (κ2) is 8.38. The van der Waals surface area contributed by atoms with Crippen molar-refractivity contribution in [1.29, 1.82) is 0 Å². The van der Waals surface area contributed by atoms with Gasteiger partial charge in [-0.3, -0.25) is 0 Å². The number of hydrogen-bond acceptors (Lipinski definition) is 3. The number of carbonyl (C=O) groups excluding carboxylic acids is 1. The molecule has 2 aromatic rings. The molecule has 0 spiro atoms. The monoisotopic (exact) mass is 364 g/mol. The first-order valence-electron chi connectivity index (χ1n) is 9.56. The Labute approximate surface area is 161 Å². The highest BCUT2D eigenvalue weighted by Crippen LogP contribution is 2.26. The van der Waals surface area contributed by atoms with Crippen LogP contribution in [0.25, 0.3) is 0 Å². The van der Waals surface area contributed by atoms with Gasteiger partial charge in [0.1, 0.15) is 12.4 Å². The third-order valence-electron chi connectivity index (χ3n) is 5.09. The first-order valence-corrected chi connectivity index (χ1v) is 9.56. The molecular formula is C23H28N2O2. The Morgan fingerprint density at radius 1 is 1.07 bits per heavy atom. The van der Waals surface area contributed by atoms with Crippen LogP contribution in [0, 0.1) is 20.8 Å². The SMILES string of the molecule is Cc1ccc(COC(=O)c2cc(C)c(/N=C3\CCCCN3C)cc2C)cc1. The molecule has 2 aromatic carbocycles. The molecule has 1 heterocycles. The number of rotatable bonds is 4. The lowest BCUT2D eigenvalue weighted by atomic mass is 10.0. The number of aryl methyl sites for hydroxylation is 3. The Hall–Kier alpha value is -2.62. The number of hydrogen-bond donors (Lipinski definition) is 0. The predicted octanol–water partition coefficient (Wildman–Crippen LogP) is 5.11. The average molecular weight is 364 g/mol. The summed E-state index contributed by atoms with van der Waals surface area (Å²) in [6.45, 7) is 7.32. The molecule has 1 aliphatic rings. The maximum absolute atomic E-state index is 12.5. The van der Waals surface area contributed by atoms with Crippen LogP contribution >= 0.6 is 0 Å². The van der Waals surface area contributed by atoms with Gasteiger partial charge in [-0.2, -0.15) is 0 Å². The largest absolute Gasteiger partial charge is 0.457 e. The standard InChI is InChI=1S/C23H28N2O2/c1-16-8-10-19(11-9-16)15-27-23(26)20-13-18(3)21(14-17(20)2)24-22-7-5-6-12-25(22)4/h8-11,13-14H,5-7,12,15H2,1-4H3/b24-22+. The van der Waals surface area contributed by atoms with Crippen molar-refractivity contribution in [3.63, 3.8) is 0 Å². The van der Waals surface area contributed by atoms with Gasteiger partial charge in [0.2, 0.25) is 0 Å². The van der Waals surface area contributed by atoms with Crippen molar-refractivity contribution in [2.45, 2.75) is 46.6 Å². The summed E-state index contributed by atoms with van der Waals surface area (Å²) >= 11 is 0. The number of ether oxygens (including phenoxy) is 1. The van der Waals surface area contributed by atoms with E-state index in [1.165, 1.54) is 18.4 Å². The van der Waals surface area contributed by atoms with E-state index in [9.17, 15) is 4.79 Å². The minimum Gasteiger partial charge on any atom is -0.457 e. The van der Waals surface area contributed by atoms with Crippen LogP contribution in [0.5, 0.6) is 0 Å². The van der Waals surface area contributed by atoms with Gasteiger partial charge in [0, 0.05) is 20.0 Å². The van der Waals surface area contributed by atoms with Crippen molar-refractivity contribution in [3.05, 3.63) is 64.2 Å². The Kier molecular flexibility index (Phi) is 5.94. The molecular weight excluding hydrogens is 336 g/mol. The van der Waals surface area contributed by atoms with Gasteiger partial charge < -0.3 is 9.64 Å². The number of amidine groups is 1. The highest BCUT2D eigenvalue weighted by Gasteiger charge is 2.16. The summed E-state index contributed by atoms with van der Waals surface area (Å²) in [7, 11) is 2.09. The van der Waals surface area contributed by atoms with Gasteiger partial charge in [-0.25, -0.2) is 9.79 Å². The number of piperidine rings is 1. The molecule has 3 rings (SSSR count). The topological polar surface area (TPSA) is 41.9 Å². The van der Waals surface area contributed by atoms with Crippen LogP contribution in [0.2, 0.25) is 0 Å². The first-order chi connectivity index (χ1) is 12.9.